The maximum absolute atomic E-state index is 12.3. The number of rotatable bonds is 2. The van der Waals surface area contributed by atoms with Crippen LogP contribution in [-0.2, 0) is 9.59 Å². The van der Waals surface area contributed by atoms with E-state index in [1.165, 1.54) is 11.9 Å². The molecule has 2 unspecified atom stereocenters. The van der Waals surface area contributed by atoms with Crippen molar-refractivity contribution in [2.45, 2.75) is 24.8 Å². The second-order valence-electron chi connectivity index (χ2n) is 5.10. The number of amides is 2. The summed E-state index contributed by atoms with van der Waals surface area (Å²) in [4.78, 5) is 29.8. The van der Waals surface area contributed by atoms with Gasteiger partial charge in [-0.05, 0) is 47.7 Å². The predicted molar refractivity (Wildman–Crippen MR) is 88.1 cm³/mol. The van der Waals surface area contributed by atoms with Crippen LogP contribution in [0.15, 0.2) is 18.2 Å². The predicted octanol–water partition coefficient (Wildman–Crippen LogP) is 2.87. The topological polar surface area (TPSA) is 55.2 Å². The molecule has 0 saturated carbocycles. The quantitative estimate of drug-likeness (QED) is 0.429. The summed E-state index contributed by atoms with van der Waals surface area (Å²) in [6, 6.07) is 5.27. The van der Waals surface area contributed by atoms with Crippen LogP contribution in [0.5, 0.6) is 0 Å². The normalized spacial score (nSPS) is 20.6. The van der Waals surface area contributed by atoms with Crippen molar-refractivity contribution in [2.24, 2.45) is 0 Å². The van der Waals surface area contributed by atoms with Gasteiger partial charge in [-0.2, -0.15) is 0 Å². The Hall–Kier alpha value is -1.15. The molecule has 7 heteroatoms. The lowest BCUT2D eigenvalue weighted by Gasteiger charge is -2.16. The van der Waals surface area contributed by atoms with Gasteiger partial charge in [0, 0.05) is 10.6 Å². The number of aromatic nitrogens is 2. The monoisotopic (exact) mass is 417 g/mol. The number of benzene rings is 1. The van der Waals surface area contributed by atoms with Crippen molar-refractivity contribution < 1.29 is 9.59 Å². The number of carbonyl (C=O) groups is 2. The zero-order valence-electron chi connectivity index (χ0n) is 11.5. The molecular formula is C14H13ClIN3O2. The van der Waals surface area contributed by atoms with Gasteiger partial charge in [-0.15, -0.1) is 11.6 Å². The van der Waals surface area contributed by atoms with E-state index >= 15 is 0 Å². The molecule has 2 atom stereocenters. The van der Waals surface area contributed by atoms with Crippen LogP contribution in [-0.4, -0.2) is 33.3 Å². The van der Waals surface area contributed by atoms with E-state index in [-0.39, 0.29) is 23.6 Å². The number of likely N-dealkylation sites (N-methyl/N-ethyl adjacent to an activating group) is 1. The van der Waals surface area contributed by atoms with Gasteiger partial charge in [0.25, 0.3) is 5.91 Å². The summed E-state index contributed by atoms with van der Waals surface area (Å²) in [5.74, 6) is 0.233. The summed E-state index contributed by atoms with van der Waals surface area (Å²) in [5.41, 5.74) is 1.62. The summed E-state index contributed by atoms with van der Waals surface area (Å²) in [7, 11) is 1.51. The third kappa shape index (κ3) is 2.34. The number of halogens is 2. The molecule has 0 radical (unpaired) electrons. The molecule has 1 aliphatic heterocycles. The Morgan fingerprint density at radius 2 is 2.14 bits per heavy atom. The van der Waals surface area contributed by atoms with Crippen LogP contribution in [0, 0.1) is 3.57 Å². The highest BCUT2D eigenvalue weighted by atomic mass is 127. The molecule has 1 aromatic carbocycles. The highest BCUT2D eigenvalue weighted by Crippen LogP contribution is 2.33. The van der Waals surface area contributed by atoms with Crippen molar-refractivity contribution in [3.8, 4) is 0 Å². The SMILES string of the molecule is CC(Cl)c1nc2cc(I)ccc2n1C1CC(=O)N(C)C1=O. The lowest BCUT2D eigenvalue weighted by Crippen LogP contribution is -2.27. The van der Waals surface area contributed by atoms with Crippen molar-refractivity contribution in [3.63, 3.8) is 0 Å². The molecule has 1 saturated heterocycles. The Balaban J connectivity index is 2.23. The fraction of sp³-hybridized carbons (Fsp3) is 0.357. The molecule has 110 valence electrons. The number of alkyl halides is 1. The maximum atomic E-state index is 12.3. The van der Waals surface area contributed by atoms with Gasteiger partial charge < -0.3 is 4.57 Å². The molecule has 2 aromatic rings. The molecule has 0 bridgehead atoms. The molecule has 5 nitrogen and oxygen atoms in total. The van der Waals surface area contributed by atoms with E-state index in [2.05, 4.69) is 27.6 Å². The van der Waals surface area contributed by atoms with E-state index in [4.69, 9.17) is 11.6 Å². The molecule has 2 heterocycles. The smallest absolute Gasteiger partial charge is 0.252 e. The van der Waals surface area contributed by atoms with Gasteiger partial charge in [0.2, 0.25) is 5.91 Å². The summed E-state index contributed by atoms with van der Waals surface area (Å²) < 4.78 is 2.87. The van der Waals surface area contributed by atoms with E-state index in [9.17, 15) is 9.59 Å². The molecule has 1 aliphatic rings. The van der Waals surface area contributed by atoms with Crippen molar-refractivity contribution >= 4 is 57.0 Å². The Kier molecular flexibility index (Phi) is 3.69. The minimum absolute atomic E-state index is 0.156. The molecule has 0 aliphatic carbocycles. The third-order valence-electron chi connectivity index (χ3n) is 3.70. The summed E-state index contributed by atoms with van der Waals surface area (Å²) in [6.45, 7) is 1.81. The van der Waals surface area contributed by atoms with Crippen molar-refractivity contribution in [1.82, 2.24) is 14.5 Å². The lowest BCUT2D eigenvalue weighted by molar-refractivity contribution is -0.137. The van der Waals surface area contributed by atoms with Crippen molar-refractivity contribution in [1.29, 1.82) is 0 Å². The van der Waals surface area contributed by atoms with Crippen LogP contribution in [0.3, 0.4) is 0 Å². The largest absolute Gasteiger partial charge is 0.314 e. The van der Waals surface area contributed by atoms with Gasteiger partial charge in [0.1, 0.15) is 11.9 Å². The Labute approximate surface area is 140 Å². The van der Waals surface area contributed by atoms with Gasteiger partial charge in [-0.1, -0.05) is 0 Å². The molecule has 0 N–H and O–H groups in total. The average Bonchev–Trinajstić information content (AvgIpc) is 2.91. The van der Waals surface area contributed by atoms with E-state index in [0.29, 0.717) is 5.82 Å². The first kappa shape index (κ1) is 14.8. The van der Waals surface area contributed by atoms with Crippen LogP contribution < -0.4 is 0 Å². The highest BCUT2D eigenvalue weighted by Gasteiger charge is 2.39. The average molecular weight is 418 g/mol. The number of imide groups is 1. The maximum Gasteiger partial charge on any atom is 0.252 e. The van der Waals surface area contributed by atoms with Crippen molar-refractivity contribution in [3.05, 3.63) is 27.6 Å². The Morgan fingerprint density at radius 1 is 1.43 bits per heavy atom. The lowest BCUT2D eigenvalue weighted by atomic mass is 10.2. The van der Waals surface area contributed by atoms with Gasteiger partial charge in [0.05, 0.1) is 22.8 Å². The minimum atomic E-state index is -0.552. The number of hydrogen-bond donors (Lipinski definition) is 0. The summed E-state index contributed by atoms with van der Waals surface area (Å²) >= 11 is 8.44. The van der Waals surface area contributed by atoms with Crippen LogP contribution >= 0.6 is 34.2 Å². The van der Waals surface area contributed by atoms with Crippen LogP contribution in [0.1, 0.15) is 30.6 Å². The second-order valence-corrected chi connectivity index (χ2v) is 7.00. The molecule has 1 aromatic heterocycles. The first-order valence-corrected chi connectivity index (χ1v) is 8.03. The number of carbonyl (C=O) groups excluding carboxylic acids is 2. The Bertz CT molecular complexity index is 756. The number of imidazole rings is 1. The fourth-order valence-electron chi connectivity index (χ4n) is 2.64. The van der Waals surface area contributed by atoms with Gasteiger partial charge in [0.15, 0.2) is 0 Å². The molecule has 0 spiro atoms. The number of nitrogens with zero attached hydrogens (tertiary/aromatic N) is 3. The molecular weight excluding hydrogens is 405 g/mol. The summed E-state index contributed by atoms with van der Waals surface area (Å²) in [5, 5.41) is -0.344. The number of likely N-dealkylation sites (tertiary alicyclic amines) is 1. The number of hydrogen-bond acceptors (Lipinski definition) is 3. The molecule has 1 fully saturated rings. The molecule has 21 heavy (non-hydrogen) atoms. The highest BCUT2D eigenvalue weighted by molar-refractivity contribution is 14.1. The zero-order chi connectivity index (χ0) is 15.3. The van der Waals surface area contributed by atoms with Gasteiger partial charge in [-0.25, -0.2) is 4.98 Å². The number of fused-ring (bicyclic) bond motifs is 1. The second kappa shape index (κ2) is 5.24. The molecule has 2 amide bonds. The van der Waals surface area contributed by atoms with Gasteiger partial charge in [-0.3, -0.25) is 14.5 Å². The van der Waals surface area contributed by atoms with E-state index < -0.39 is 6.04 Å². The van der Waals surface area contributed by atoms with E-state index in [1.807, 2.05) is 29.7 Å². The first-order valence-electron chi connectivity index (χ1n) is 6.52. The fourth-order valence-corrected chi connectivity index (χ4v) is 3.27. The van der Waals surface area contributed by atoms with Crippen LogP contribution in [0.25, 0.3) is 11.0 Å². The van der Waals surface area contributed by atoms with E-state index in [1.54, 1.807) is 0 Å². The third-order valence-corrected chi connectivity index (χ3v) is 4.57. The summed E-state index contributed by atoms with van der Waals surface area (Å²) in [6.07, 6.45) is 0.156. The molecule has 3 rings (SSSR count). The van der Waals surface area contributed by atoms with Crippen molar-refractivity contribution in [2.75, 3.05) is 7.05 Å². The standard InChI is InChI=1S/C14H13ClIN3O2/c1-7(15)13-17-9-5-8(16)3-4-10(9)19(13)11-6-12(20)18(2)14(11)21/h3-5,7,11H,6H2,1-2H3. The zero-order valence-corrected chi connectivity index (χ0v) is 14.4. The van der Waals surface area contributed by atoms with Crippen LogP contribution in [0.4, 0.5) is 0 Å². The Morgan fingerprint density at radius 3 is 2.71 bits per heavy atom. The van der Waals surface area contributed by atoms with E-state index in [0.717, 1.165) is 14.6 Å². The van der Waals surface area contributed by atoms with Crippen LogP contribution in [0.2, 0.25) is 0 Å². The first-order chi connectivity index (χ1) is 9.90. The van der Waals surface area contributed by atoms with Gasteiger partial charge >= 0.3 is 0 Å². The minimum Gasteiger partial charge on any atom is -0.314 e.